The van der Waals surface area contributed by atoms with Crippen LogP contribution in [0.3, 0.4) is 0 Å². The first-order valence-corrected chi connectivity index (χ1v) is 8.41. The standard InChI is InChI=1S/C16H13ClO3S/c1-21(19,20)15-8-6-13(7-9-15)14-4-2-3-12(11-14)5-10-16(17)18/h2-11H,1H3/b10-5+. The fraction of sp³-hybridized carbons (Fsp3) is 0.0625. The second-order valence-corrected chi connectivity index (χ2v) is 6.95. The van der Waals surface area contributed by atoms with Gasteiger partial charge in [0.05, 0.1) is 4.90 Å². The van der Waals surface area contributed by atoms with Gasteiger partial charge in [-0.05, 0) is 52.6 Å². The first kappa shape index (κ1) is 15.5. The molecule has 0 saturated heterocycles. The van der Waals surface area contributed by atoms with Gasteiger partial charge in [-0.25, -0.2) is 8.42 Å². The van der Waals surface area contributed by atoms with Crippen molar-refractivity contribution < 1.29 is 13.2 Å². The molecule has 0 aliphatic carbocycles. The Hall–Kier alpha value is -1.91. The highest BCUT2D eigenvalue weighted by Gasteiger charge is 2.06. The van der Waals surface area contributed by atoms with Gasteiger partial charge in [0, 0.05) is 6.26 Å². The average molecular weight is 321 g/mol. The molecule has 0 bridgehead atoms. The Morgan fingerprint density at radius 1 is 1.05 bits per heavy atom. The number of hydrogen-bond acceptors (Lipinski definition) is 3. The summed E-state index contributed by atoms with van der Waals surface area (Å²) in [4.78, 5) is 11.0. The van der Waals surface area contributed by atoms with Crippen molar-refractivity contribution >= 4 is 32.8 Å². The molecule has 0 aromatic heterocycles. The molecule has 21 heavy (non-hydrogen) atoms. The monoisotopic (exact) mass is 320 g/mol. The molecular formula is C16H13ClO3S. The van der Waals surface area contributed by atoms with Gasteiger partial charge in [0.2, 0.25) is 5.24 Å². The third-order valence-corrected chi connectivity index (χ3v) is 4.16. The van der Waals surface area contributed by atoms with Crippen LogP contribution in [0.15, 0.2) is 59.5 Å². The molecule has 2 aromatic carbocycles. The zero-order valence-corrected chi connectivity index (χ0v) is 12.9. The van der Waals surface area contributed by atoms with E-state index in [2.05, 4.69) is 0 Å². The van der Waals surface area contributed by atoms with Crippen LogP contribution in [0.1, 0.15) is 5.56 Å². The fourth-order valence-corrected chi connectivity index (χ4v) is 2.57. The van der Waals surface area contributed by atoms with Gasteiger partial charge in [-0.15, -0.1) is 0 Å². The van der Waals surface area contributed by atoms with Crippen LogP contribution in [-0.2, 0) is 14.6 Å². The zero-order chi connectivity index (χ0) is 15.5. The first-order valence-electron chi connectivity index (χ1n) is 6.14. The summed E-state index contributed by atoms with van der Waals surface area (Å²) < 4.78 is 22.9. The van der Waals surface area contributed by atoms with Crippen molar-refractivity contribution in [3.63, 3.8) is 0 Å². The highest BCUT2D eigenvalue weighted by atomic mass is 35.5. The van der Waals surface area contributed by atoms with Crippen LogP contribution in [0.4, 0.5) is 0 Å². The Balaban J connectivity index is 2.34. The van der Waals surface area contributed by atoms with Crippen molar-refractivity contribution in [2.45, 2.75) is 4.90 Å². The molecule has 5 heteroatoms. The van der Waals surface area contributed by atoms with Crippen molar-refractivity contribution in [1.82, 2.24) is 0 Å². The number of carbonyl (C=O) groups excluding carboxylic acids is 1. The topological polar surface area (TPSA) is 51.2 Å². The van der Waals surface area contributed by atoms with E-state index in [1.165, 1.54) is 12.3 Å². The molecule has 0 spiro atoms. The van der Waals surface area contributed by atoms with Crippen LogP contribution in [-0.4, -0.2) is 19.9 Å². The van der Waals surface area contributed by atoms with Crippen molar-refractivity contribution in [2.75, 3.05) is 6.26 Å². The van der Waals surface area contributed by atoms with E-state index in [0.29, 0.717) is 0 Å². The molecule has 3 nitrogen and oxygen atoms in total. The number of sulfone groups is 1. The lowest BCUT2D eigenvalue weighted by Gasteiger charge is -2.04. The minimum atomic E-state index is -3.19. The molecular weight excluding hydrogens is 308 g/mol. The van der Waals surface area contributed by atoms with E-state index in [0.717, 1.165) is 16.7 Å². The normalized spacial score (nSPS) is 11.7. The second kappa shape index (κ2) is 6.24. The molecule has 0 aliphatic heterocycles. The minimum absolute atomic E-state index is 0.287. The van der Waals surface area contributed by atoms with Crippen LogP contribution in [0.5, 0.6) is 0 Å². The molecule has 0 aliphatic rings. The summed E-state index contributed by atoms with van der Waals surface area (Å²) >= 11 is 5.26. The number of benzene rings is 2. The second-order valence-electron chi connectivity index (χ2n) is 4.56. The van der Waals surface area contributed by atoms with Gasteiger partial charge in [-0.2, -0.15) is 0 Å². The molecule has 2 aromatic rings. The predicted molar refractivity (Wildman–Crippen MR) is 84.9 cm³/mol. The fourth-order valence-electron chi connectivity index (χ4n) is 1.88. The summed E-state index contributed by atoms with van der Waals surface area (Å²) in [5, 5.41) is -0.530. The maximum Gasteiger partial charge on any atom is 0.245 e. The van der Waals surface area contributed by atoms with Crippen molar-refractivity contribution in [3.8, 4) is 11.1 Å². The van der Waals surface area contributed by atoms with E-state index in [1.54, 1.807) is 30.3 Å². The lowest BCUT2D eigenvalue weighted by Crippen LogP contribution is -1.96. The number of allylic oxidation sites excluding steroid dienone is 1. The molecule has 108 valence electrons. The summed E-state index contributed by atoms with van der Waals surface area (Å²) in [6.07, 6.45) is 4.09. The minimum Gasteiger partial charge on any atom is -0.276 e. The third-order valence-electron chi connectivity index (χ3n) is 2.91. The quantitative estimate of drug-likeness (QED) is 0.639. The van der Waals surface area contributed by atoms with E-state index in [4.69, 9.17) is 11.6 Å². The first-order chi connectivity index (χ1) is 9.86. The molecule has 0 N–H and O–H groups in total. The average Bonchev–Trinajstić information content (AvgIpc) is 2.45. The summed E-state index contributed by atoms with van der Waals surface area (Å²) in [7, 11) is -3.19. The largest absolute Gasteiger partial charge is 0.276 e. The van der Waals surface area contributed by atoms with Crippen molar-refractivity contribution in [3.05, 3.63) is 60.2 Å². The number of carbonyl (C=O) groups is 1. The Labute approximate surface area is 128 Å². The highest BCUT2D eigenvalue weighted by Crippen LogP contribution is 2.22. The van der Waals surface area contributed by atoms with Crippen LogP contribution in [0.25, 0.3) is 17.2 Å². The Morgan fingerprint density at radius 3 is 2.29 bits per heavy atom. The van der Waals surface area contributed by atoms with E-state index >= 15 is 0 Å². The maximum absolute atomic E-state index is 11.4. The van der Waals surface area contributed by atoms with Crippen LogP contribution in [0.2, 0.25) is 0 Å². The van der Waals surface area contributed by atoms with Gasteiger partial charge in [0.25, 0.3) is 0 Å². The highest BCUT2D eigenvalue weighted by molar-refractivity contribution is 7.90. The SMILES string of the molecule is CS(=O)(=O)c1ccc(-c2cccc(/C=C/C(=O)Cl)c2)cc1. The lowest BCUT2D eigenvalue weighted by atomic mass is 10.0. The molecule has 0 atom stereocenters. The molecule has 0 unspecified atom stereocenters. The van der Waals surface area contributed by atoms with Crippen molar-refractivity contribution in [2.24, 2.45) is 0 Å². The van der Waals surface area contributed by atoms with Gasteiger partial charge in [0.1, 0.15) is 0 Å². The Bertz CT molecular complexity index is 791. The van der Waals surface area contributed by atoms with E-state index < -0.39 is 15.1 Å². The van der Waals surface area contributed by atoms with Gasteiger partial charge in [-0.3, -0.25) is 4.79 Å². The third kappa shape index (κ3) is 4.28. The maximum atomic E-state index is 11.4. The van der Waals surface area contributed by atoms with Crippen molar-refractivity contribution in [1.29, 1.82) is 0 Å². The summed E-state index contributed by atoms with van der Waals surface area (Å²) in [5.41, 5.74) is 2.67. The summed E-state index contributed by atoms with van der Waals surface area (Å²) in [6, 6.07) is 14.2. The lowest BCUT2D eigenvalue weighted by molar-refractivity contribution is -0.107. The van der Waals surface area contributed by atoms with Gasteiger partial charge < -0.3 is 0 Å². The molecule has 0 amide bonds. The Kier molecular flexibility index (Phi) is 4.60. The molecule has 0 radical (unpaired) electrons. The molecule has 0 saturated carbocycles. The Morgan fingerprint density at radius 2 is 1.71 bits per heavy atom. The number of hydrogen-bond donors (Lipinski definition) is 0. The van der Waals surface area contributed by atoms with E-state index in [-0.39, 0.29) is 4.90 Å². The van der Waals surface area contributed by atoms with Crippen LogP contribution in [0, 0.1) is 0 Å². The van der Waals surface area contributed by atoms with Gasteiger partial charge in [-0.1, -0.05) is 36.4 Å². The zero-order valence-electron chi connectivity index (χ0n) is 11.3. The summed E-state index contributed by atoms with van der Waals surface area (Å²) in [6.45, 7) is 0. The van der Waals surface area contributed by atoms with Gasteiger partial charge in [0.15, 0.2) is 9.84 Å². The van der Waals surface area contributed by atoms with Crippen LogP contribution >= 0.6 is 11.6 Å². The summed E-state index contributed by atoms with van der Waals surface area (Å²) in [5.74, 6) is 0. The molecule has 0 fully saturated rings. The number of rotatable bonds is 4. The molecule has 0 heterocycles. The molecule has 2 rings (SSSR count). The van der Waals surface area contributed by atoms with E-state index in [1.807, 2.05) is 24.3 Å². The van der Waals surface area contributed by atoms with Crippen LogP contribution < -0.4 is 0 Å². The number of halogens is 1. The smallest absolute Gasteiger partial charge is 0.245 e. The van der Waals surface area contributed by atoms with E-state index in [9.17, 15) is 13.2 Å². The van der Waals surface area contributed by atoms with Gasteiger partial charge >= 0.3 is 0 Å². The predicted octanol–water partition coefficient (Wildman–Crippen LogP) is 3.54.